The van der Waals surface area contributed by atoms with Gasteiger partial charge in [0, 0.05) is 74.6 Å². The lowest BCUT2D eigenvalue weighted by atomic mass is 9.94. The van der Waals surface area contributed by atoms with Crippen LogP contribution in [0.3, 0.4) is 0 Å². The van der Waals surface area contributed by atoms with E-state index in [9.17, 15) is 0 Å². The first-order valence-corrected chi connectivity index (χ1v) is 34.1. The van der Waals surface area contributed by atoms with E-state index in [0.717, 1.165) is 148 Å². The molecule has 0 aromatic heterocycles. The standard InChI is InChI=1S/3C6H13NO.C6H15NO.C5H13NO2.3C5H13NO.C4H11NO2.3C4H11NO.C4H11N/c7-5-1-3-6(8)4-2-5;7-6(5-8)3-1-2-4-6;7-5-3-1-2-4-6(5)8;7-5-3-1-2-4-6-8;1-2-5(6,3-7)4-8;1-5(2,3-6)4-7;1-4(2)5(6)3-7;6-4-2-1-3-5-7;5-1-3-7-4-2-6;1-2-4(5)3-6;1-2-4(6)3-5;5-3-1-2-4-6;1-4(2)3-5/h5-6,8H,1-4,7H2;8H,1-5,7H2;5-6,8H,1-4,7H2;8H,1-7H2;7-8H,2-4,6H2,1H3;7H,3-4,6H2,1-2H3;4-5,7H,3,6H2,1-2H3;7H,1-6H2;6H,1-5H2;2*4,6H,2-3,5H2,1H3;6H,1-5H2;4H,3,5H2,1-2H3. The Labute approximate surface area is 556 Å². The topological polar surface area (TPSA) is 610 Å². The van der Waals surface area contributed by atoms with Crippen molar-refractivity contribution in [2.75, 3.05) is 125 Å². The maximum atomic E-state index is 9.05. The van der Waals surface area contributed by atoms with Crippen molar-refractivity contribution in [1.82, 2.24) is 0 Å². The van der Waals surface area contributed by atoms with Crippen LogP contribution < -0.4 is 74.5 Å². The maximum Gasteiger partial charge on any atom is 0.0698 e. The molecule has 3 aliphatic rings. The lowest BCUT2D eigenvalue weighted by Crippen LogP contribution is -2.46. The van der Waals surface area contributed by atoms with Crippen LogP contribution in [0.4, 0.5) is 0 Å². The van der Waals surface area contributed by atoms with Crippen LogP contribution in [-0.2, 0) is 4.74 Å². The first-order valence-electron chi connectivity index (χ1n) is 34.1. The Morgan fingerprint density at radius 1 is 0.527 bits per heavy atom. The fourth-order valence-electron chi connectivity index (χ4n) is 5.87. The molecule has 91 heavy (non-hydrogen) atoms. The van der Waals surface area contributed by atoms with Gasteiger partial charge in [0.25, 0.3) is 0 Å². The van der Waals surface area contributed by atoms with Gasteiger partial charge in [-0.15, -0.1) is 0 Å². The highest BCUT2D eigenvalue weighted by Crippen LogP contribution is 2.26. The smallest absolute Gasteiger partial charge is 0.0698 e. The summed E-state index contributed by atoms with van der Waals surface area (Å²) in [7, 11) is 0. The van der Waals surface area contributed by atoms with Crippen LogP contribution in [0.25, 0.3) is 0 Å². The molecule has 5 unspecified atom stereocenters. The first kappa shape index (κ1) is 111. The molecule has 3 aliphatic carbocycles. The Balaban J connectivity index is -0.0000000979. The Bertz CT molecular complexity index is 1140. The molecular weight excluding hydrogens is 1170 g/mol. The van der Waals surface area contributed by atoms with Gasteiger partial charge in [-0.2, -0.15) is 0 Å². The van der Waals surface area contributed by atoms with Crippen LogP contribution in [0.15, 0.2) is 0 Å². The zero-order valence-corrected chi connectivity index (χ0v) is 59.8. The van der Waals surface area contributed by atoms with Crippen molar-refractivity contribution >= 4 is 0 Å². The molecule has 0 bridgehead atoms. The number of nitrogens with two attached hydrogens (primary N) is 13. The molecule has 0 saturated heterocycles. The molecular formula is C64H161N13O14. The van der Waals surface area contributed by atoms with E-state index in [-0.39, 0.29) is 100 Å². The maximum absolute atomic E-state index is 9.05. The predicted octanol–water partition coefficient (Wildman–Crippen LogP) is -0.938. The highest BCUT2D eigenvalue weighted by atomic mass is 16.5. The Morgan fingerprint density at radius 3 is 1.14 bits per heavy atom. The predicted molar refractivity (Wildman–Crippen MR) is 380 cm³/mol. The Kier molecular flexibility index (Phi) is 109. The minimum absolute atomic E-state index is 0.00926. The van der Waals surface area contributed by atoms with Gasteiger partial charge in [-0.05, 0) is 160 Å². The molecule has 3 saturated carbocycles. The highest BCUT2D eigenvalue weighted by Gasteiger charge is 2.27. The second-order valence-corrected chi connectivity index (χ2v) is 24.6. The lowest BCUT2D eigenvalue weighted by Gasteiger charge is -2.23. The van der Waals surface area contributed by atoms with Crippen LogP contribution in [0, 0.1) is 17.3 Å². The second kappa shape index (κ2) is 88.9. The van der Waals surface area contributed by atoms with Crippen LogP contribution in [-0.4, -0.2) is 245 Å². The molecule has 5 atom stereocenters. The molecule has 0 aliphatic heterocycles. The van der Waals surface area contributed by atoms with Gasteiger partial charge in [-0.1, -0.05) is 101 Å². The van der Waals surface area contributed by atoms with E-state index < -0.39 is 5.54 Å². The van der Waals surface area contributed by atoms with Crippen LogP contribution in [0.5, 0.6) is 0 Å². The van der Waals surface area contributed by atoms with Crippen molar-refractivity contribution in [2.24, 2.45) is 91.8 Å². The van der Waals surface area contributed by atoms with Crippen molar-refractivity contribution in [3.8, 4) is 0 Å². The zero-order valence-electron chi connectivity index (χ0n) is 59.8. The molecule has 0 spiro atoms. The summed E-state index contributed by atoms with van der Waals surface area (Å²) in [6.45, 7) is 24.3. The van der Waals surface area contributed by atoms with Gasteiger partial charge < -0.3 is 146 Å². The fraction of sp³-hybridized carbons (Fsp3) is 1.00. The summed E-state index contributed by atoms with van der Waals surface area (Å²) in [6, 6.07) is 0.368. The van der Waals surface area contributed by atoms with Crippen molar-refractivity contribution in [2.45, 2.75) is 270 Å². The number of aliphatic hydroxyl groups is 13. The summed E-state index contributed by atoms with van der Waals surface area (Å²) < 4.78 is 4.76. The minimum Gasteiger partial charge on any atom is -0.396 e. The van der Waals surface area contributed by atoms with E-state index in [4.69, 9.17) is 146 Å². The summed E-state index contributed by atoms with van der Waals surface area (Å²) >= 11 is 0. The lowest BCUT2D eigenvalue weighted by molar-refractivity contribution is 0.0976. The summed E-state index contributed by atoms with van der Waals surface area (Å²) in [6.07, 6.45) is 23.2. The zero-order chi connectivity index (χ0) is 72.8. The molecule has 566 valence electrons. The average Bonchev–Trinajstić information content (AvgIpc) is 2.94. The molecule has 0 heterocycles. The highest BCUT2D eigenvalue weighted by molar-refractivity contribution is 4.88. The number of hydrogen-bond donors (Lipinski definition) is 26. The quantitative estimate of drug-likeness (QED) is 0.0402. The van der Waals surface area contributed by atoms with Gasteiger partial charge in [0.05, 0.1) is 76.7 Å². The molecule has 0 aromatic carbocycles. The molecule has 27 heteroatoms. The van der Waals surface area contributed by atoms with Crippen LogP contribution >= 0.6 is 0 Å². The number of aliphatic hydroxyl groups excluding tert-OH is 13. The van der Waals surface area contributed by atoms with E-state index >= 15 is 0 Å². The van der Waals surface area contributed by atoms with Gasteiger partial charge in [-0.3, -0.25) is 0 Å². The van der Waals surface area contributed by atoms with E-state index in [2.05, 4.69) is 13.8 Å². The number of rotatable bonds is 29. The molecule has 3 fully saturated rings. The molecule has 3 rings (SSSR count). The van der Waals surface area contributed by atoms with E-state index in [1.807, 2.05) is 48.5 Å². The van der Waals surface area contributed by atoms with Gasteiger partial charge in [0.1, 0.15) is 0 Å². The van der Waals surface area contributed by atoms with Crippen LogP contribution in [0.2, 0.25) is 0 Å². The Morgan fingerprint density at radius 2 is 0.956 bits per heavy atom. The second-order valence-electron chi connectivity index (χ2n) is 24.6. The first-order chi connectivity index (χ1) is 42.9. The molecule has 39 N–H and O–H groups in total. The normalized spacial score (nSPS) is 17.8. The third-order valence-electron chi connectivity index (χ3n) is 13.9. The number of hydrogen-bond acceptors (Lipinski definition) is 27. The fourth-order valence-corrected chi connectivity index (χ4v) is 5.87. The summed E-state index contributed by atoms with van der Waals surface area (Å²) in [5, 5.41) is 110. The summed E-state index contributed by atoms with van der Waals surface area (Å²) in [5.41, 5.74) is 67.8. The minimum atomic E-state index is -0.764. The Hall–Kier alpha value is -1.08. The average molecular weight is 1340 g/mol. The third-order valence-corrected chi connectivity index (χ3v) is 13.9. The van der Waals surface area contributed by atoms with Gasteiger partial charge in [-0.25, -0.2) is 0 Å². The van der Waals surface area contributed by atoms with E-state index in [1.54, 1.807) is 0 Å². The molecule has 27 nitrogen and oxygen atoms in total. The van der Waals surface area contributed by atoms with E-state index in [0.29, 0.717) is 76.9 Å². The SMILES string of the molecule is CC(C)(CN)CO.CC(C)C(N)CO.CC(C)CN.CCC(N)(CO)CO.CCC(N)CO.CCC(O)CN.NC1(CO)CCCC1.NC1CCC(O)CC1.NC1CCCCC1O.NCCCCCCO.NCCCCCO.NCCCCO.NCCOCCO. The monoisotopic (exact) mass is 1340 g/mol. The third kappa shape index (κ3) is 108. The largest absolute Gasteiger partial charge is 0.396 e. The van der Waals surface area contributed by atoms with Crippen molar-refractivity contribution in [1.29, 1.82) is 0 Å². The van der Waals surface area contributed by atoms with Crippen LogP contribution in [0.1, 0.15) is 216 Å². The molecule has 0 radical (unpaired) electrons. The van der Waals surface area contributed by atoms with Gasteiger partial charge in [0.2, 0.25) is 0 Å². The van der Waals surface area contributed by atoms with Gasteiger partial charge >= 0.3 is 0 Å². The number of ether oxygens (including phenoxy) is 1. The van der Waals surface area contributed by atoms with Gasteiger partial charge in [0.15, 0.2) is 0 Å². The van der Waals surface area contributed by atoms with Crippen molar-refractivity contribution < 1.29 is 71.1 Å². The van der Waals surface area contributed by atoms with E-state index in [1.165, 1.54) is 19.3 Å². The summed E-state index contributed by atoms with van der Waals surface area (Å²) in [4.78, 5) is 0. The summed E-state index contributed by atoms with van der Waals surface area (Å²) in [5.74, 6) is 1.06. The molecule has 0 aromatic rings. The van der Waals surface area contributed by atoms with Crippen molar-refractivity contribution in [3.05, 3.63) is 0 Å². The van der Waals surface area contributed by atoms with Crippen molar-refractivity contribution in [3.63, 3.8) is 0 Å². The number of unbranched alkanes of at least 4 members (excludes halogenated alkanes) is 6. The molecule has 0 amide bonds.